The van der Waals surface area contributed by atoms with Gasteiger partial charge in [0.05, 0.1) is 0 Å². The minimum atomic E-state index is -0.486. The van der Waals surface area contributed by atoms with Crippen molar-refractivity contribution >= 4 is 17.8 Å². The molecule has 1 aromatic heterocycles. The van der Waals surface area contributed by atoms with Crippen LogP contribution in [0.1, 0.15) is 21.5 Å². The smallest absolute Gasteiger partial charge is 0.315 e. The highest BCUT2D eigenvalue weighted by Crippen LogP contribution is 2.14. The SMILES string of the molecule is CN1CCN(c2cc(CNC(=O)NCc3cccc(C(N)=O)c3)ccn2)CC1. The summed E-state index contributed by atoms with van der Waals surface area (Å²) in [6, 6.07) is 10.5. The number of carbonyl (C=O) groups is 2. The van der Waals surface area contributed by atoms with Crippen LogP contribution in [0.4, 0.5) is 10.6 Å². The first-order valence-corrected chi connectivity index (χ1v) is 9.30. The van der Waals surface area contributed by atoms with Crippen molar-refractivity contribution in [1.82, 2.24) is 20.5 Å². The zero-order chi connectivity index (χ0) is 19.9. The molecule has 0 saturated carbocycles. The Balaban J connectivity index is 1.49. The van der Waals surface area contributed by atoms with Crippen molar-refractivity contribution < 1.29 is 9.59 Å². The second kappa shape index (κ2) is 9.18. The first kappa shape index (κ1) is 19.6. The van der Waals surface area contributed by atoms with Crippen LogP contribution >= 0.6 is 0 Å². The standard InChI is InChI=1S/C20H26N6O2/c1-25-7-9-26(10-8-25)18-12-16(5-6-22-18)14-24-20(28)23-13-15-3-2-4-17(11-15)19(21)27/h2-6,11-12H,7-10,13-14H2,1H3,(H2,21,27)(H2,23,24,28). The van der Waals surface area contributed by atoms with E-state index in [-0.39, 0.29) is 6.03 Å². The molecule has 0 aliphatic carbocycles. The van der Waals surface area contributed by atoms with E-state index in [9.17, 15) is 9.59 Å². The minimum absolute atomic E-state index is 0.276. The molecule has 0 spiro atoms. The lowest BCUT2D eigenvalue weighted by Gasteiger charge is -2.33. The second-order valence-corrected chi connectivity index (χ2v) is 6.91. The van der Waals surface area contributed by atoms with Crippen LogP contribution < -0.4 is 21.3 Å². The number of nitrogens with one attached hydrogen (secondary N) is 2. The lowest BCUT2D eigenvalue weighted by molar-refractivity contribution is 0.1000. The number of piperazine rings is 1. The molecule has 4 N–H and O–H groups in total. The van der Waals surface area contributed by atoms with Gasteiger partial charge in [-0.25, -0.2) is 9.78 Å². The number of nitrogens with zero attached hydrogens (tertiary/aromatic N) is 3. The molecule has 0 bridgehead atoms. The number of urea groups is 1. The van der Waals surface area contributed by atoms with Gasteiger partial charge in [-0.05, 0) is 42.4 Å². The number of anilines is 1. The molecule has 1 fully saturated rings. The molecule has 0 unspecified atom stereocenters. The normalized spacial score (nSPS) is 14.5. The minimum Gasteiger partial charge on any atom is -0.366 e. The Morgan fingerprint density at radius 1 is 1.04 bits per heavy atom. The van der Waals surface area contributed by atoms with E-state index in [1.54, 1.807) is 24.4 Å². The first-order valence-electron chi connectivity index (χ1n) is 9.30. The van der Waals surface area contributed by atoms with Gasteiger partial charge in [-0.2, -0.15) is 0 Å². The van der Waals surface area contributed by atoms with Crippen LogP contribution in [0.15, 0.2) is 42.6 Å². The first-order chi connectivity index (χ1) is 13.5. The number of carbonyl (C=O) groups excluding carboxylic acids is 2. The number of nitrogens with two attached hydrogens (primary N) is 1. The second-order valence-electron chi connectivity index (χ2n) is 6.91. The van der Waals surface area contributed by atoms with Crippen LogP contribution in [-0.2, 0) is 13.1 Å². The highest BCUT2D eigenvalue weighted by atomic mass is 16.2. The molecule has 3 rings (SSSR count). The van der Waals surface area contributed by atoms with Gasteiger partial charge >= 0.3 is 6.03 Å². The Morgan fingerprint density at radius 2 is 1.71 bits per heavy atom. The Labute approximate surface area is 164 Å². The predicted molar refractivity (Wildman–Crippen MR) is 108 cm³/mol. The van der Waals surface area contributed by atoms with E-state index in [1.165, 1.54) is 0 Å². The van der Waals surface area contributed by atoms with Crippen molar-refractivity contribution in [3.63, 3.8) is 0 Å². The van der Waals surface area contributed by atoms with E-state index in [0.29, 0.717) is 18.7 Å². The molecule has 1 aliphatic heterocycles. The van der Waals surface area contributed by atoms with Gasteiger partial charge in [-0.15, -0.1) is 0 Å². The van der Waals surface area contributed by atoms with Crippen LogP contribution in [0.2, 0.25) is 0 Å². The van der Waals surface area contributed by atoms with Gasteiger partial charge < -0.3 is 26.2 Å². The van der Waals surface area contributed by atoms with Gasteiger partial charge in [-0.3, -0.25) is 4.79 Å². The summed E-state index contributed by atoms with van der Waals surface area (Å²) in [6.07, 6.45) is 1.78. The van der Waals surface area contributed by atoms with Crippen LogP contribution in [0.3, 0.4) is 0 Å². The lowest BCUT2D eigenvalue weighted by Crippen LogP contribution is -2.44. The zero-order valence-electron chi connectivity index (χ0n) is 16.0. The van der Waals surface area contributed by atoms with Crippen molar-refractivity contribution in [2.24, 2.45) is 5.73 Å². The number of pyridine rings is 1. The molecule has 0 radical (unpaired) electrons. The predicted octanol–water partition coefficient (Wildman–Crippen LogP) is 0.932. The Morgan fingerprint density at radius 3 is 2.39 bits per heavy atom. The van der Waals surface area contributed by atoms with Gasteiger partial charge in [0.25, 0.3) is 0 Å². The van der Waals surface area contributed by atoms with E-state index in [1.807, 2.05) is 18.2 Å². The Hall–Kier alpha value is -3.13. The maximum atomic E-state index is 12.1. The molecule has 3 amide bonds. The third-order valence-corrected chi connectivity index (χ3v) is 4.75. The number of rotatable bonds is 6. The third-order valence-electron chi connectivity index (χ3n) is 4.75. The number of benzene rings is 1. The molecule has 2 aromatic rings. The van der Waals surface area contributed by atoms with Crippen LogP contribution in [0.5, 0.6) is 0 Å². The molecule has 1 aromatic carbocycles. The van der Waals surface area contributed by atoms with Gasteiger partial charge in [0.1, 0.15) is 5.82 Å². The molecular formula is C20H26N6O2. The van der Waals surface area contributed by atoms with Crippen LogP contribution in [-0.4, -0.2) is 55.0 Å². The Bertz CT molecular complexity index is 833. The summed E-state index contributed by atoms with van der Waals surface area (Å²) in [5.41, 5.74) is 7.51. The van der Waals surface area contributed by atoms with E-state index >= 15 is 0 Å². The van der Waals surface area contributed by atoms with Crippen molar-refractivity contribution in [2.75, 3.05) is 38.1 Å². The van der Waals surface area contributed by atoms with Crippen molar-refractivity contribution in [3.8, 4) is 0 Å². The van der Waals surface area contributed by atoms with E-state index in [0.717, 1.165) is 43.1 Å². The summed E-state index contributed by atoms with van der Waals surface area (Å²) < 4.78 is 0. The summed E-state index contributed by atoms with van der Waals surface area (Å²) in [6.45, 7) is 4.66. The number of hydrogen-bond donors (Lipinski definition) is 3. The fraction of sp³-hybridized carbons (Fsp3) is 0.350. The molecule has 8 heteroatoms. The van der Waals surface area contributed by atoms with Gasteiger partial charge in [0.2, 0.25) is 5.91 Å². The number of likely N-dealkylation sites (N-methyl/N-ethyl adjacent to an activating group) is 1. The number of aromatic nitrogens is 1. The summed E-state index contributed by atoms with van der Waals surface area (Å²) >= 11 is 0. The topological polar surface area (TPSA) is 104 Å². The summed E-state index contributed by atoms with van der Waals surface area (Å²) in [7, 11) is 2.12. The van der Waals surface area contributed by atoms with Gasteiger partial charge in [0.15, 0.2) is 0 Å². The summed E-state index contributed by atoms with van der Waals surface area (Å²) in [4.78, 5) is 32.3. The Kier molecular flexibility index (Phi) is 6.44. The maximum Gasteiger partial charge on any atom is 0.315 e. The van der Waals surface area contributed by atoms with Crippen LogP contribution in [0, 0.1) is 0 Å². The lowest BCUT2D eigenvalue weighted by atomic mass is 10.1. The quantitative estimate of drug-likeness (QED) is 0.690. The average molecular weight is 382 g/mol. The maximum absolute atomic E-state index is 12.1. The largest absolute Gasteiger partial charge is 0.366 e. The highest BCUT2D eigenvalue weighted by Gasteiger charge is 2.15. The molecule has 0 atom stereocenters. The number of primary amides is 1. The third kappa shape index (κ3) is 5.43. The molecule has 2 heterocycles. The number of hydrogen-bond acceptors (Lipinski definition) is 5. The molecular weight excluding hydrogens is 356 g/mol. The van der Waals surface area contributed by atoms with E-state index in [4.69, 9.17) is 5.73 Å². The zero-order valence-corrected chi connectivity index (χ0v) is 16.0. The van der Waals surface area contributed by atoms with Crippen LogP contribution in [0.25, 0.3) is 0 Å². The monoisotopic (exact) mass is 382 g/mol. The highest BCUT2D eigenvalue weighted by molar-refractivity contribution is 5.92. The fourth-order valence-corrected chi connectivity index (χ4v) is 3.04. The van der Waals surface area contributed by atoms with Gasteiger partial charge in [0, 0.05) is 51.0 Å². The fourth-order valence-electron chi connectivity index (χ4n) is 3.04. The van der Waals surface area contributed by atoms with Crippen molar-refractivity contribution in [3.05, 3.63) is 59.3 Å². The molecule has 8 nitrogen and oxygen atoms in total. The van der Waals surface area contributed by atoms with Crippen molar-refractivity contribution in [2.45, 2.75) is 13.1 Å². The summed E-state index contributed by atoms with van der Waals surface area (Å²) in [5, 5.41) is 5.63. The van der Waals surface area contributed by atoms with Gasteiger partial charge in [-0.1, -0.05) is 12.1 Å². The molecule has 1 saturated heterocycles. The molecule has 28 heavy (non-hydrogen) atoms. The number of amides is 3. The molecule has 1 aliphatic rings. The van der Waals surface area contributed by atoms with E-state index < -0.39 is 5.91 Å². The van der Waals surface area contributed by atoms with E-state index in [2.05, 4.69) is 32.5 Å². The molecule has 148 valence electrons. The average Bonchev–Trinajstić information content (AvgIpc) is 2.71. The summed E-state index contributed by atoms with van der Waals surface area (Å²) in [5.74, 6) is 0.455. The van der Waals surface area contributed by atoms with Crippen molar-refractivity contribution in [1.29, 1.82) is 0 Å².